The largest absolute Gasteiger partial charge is 0.507 e. The molecule has 0 aliphatic carbocycles. The van der Waals surface area contributed by atoms with E-state index in [1.54, 1.807) is 18.2 Å². The van der Waals surface area contributed by atoms with Crippen molar-refractivity contribution >= 4 is 29.1 Å². The molecule has 0 saturated carbocycles. The number of nitrogens with one attached hydrogen (secondary N) is 1. The molecule has 0 saturated heterocycles. The average molecular weight is 403 g/mol. The lowest BCUT2D eigenvalue weighted by Gasteiger charge is -2.11. The molecule has 3 aromatic rings. The number of benzene rings is 2. The van der Waals surface area contributed by atoms with Crippen molar-refractivity contribution in [2.75, 3.05) is 0 Å². The van der Waals surface area contributed by atoms with Crippen LogP contribution in [0.25, 0.3) is 0 Å². The summed E-state index contributed by atoms with van der Waals surface area (Å²) in [4.78, 5) is 24.6. The Morgan fingerprint density at radius 3 is 2.44 bits per heavy atom. The Hall–Kier alpha value is -2.76. The first-order chi connectivity index (χ1) is 12.9. The minimum Gasteiger partial charge on any atom is -0.507 e. The molecule has 5 nitrogen and oxygen atoms in total. The van der Waals surface area contributed by atoms with Gasteiger partial charge in [0.05, 0.1) is 22.2 Å². The molecular weight excluding hydrogens is 387 g/mol. The molecule has 0 radical (unpaired) electrons. The van der Waals surface area contributed by atoms with E-state index in [-0.39, 0.29) is 17.9 Å². The summed E-state index contributed by atoms with van der Waals surface area (Å²) in [5.41, 5.74) is 1.30. The molecule has 0 bridgehead atoms. The number of nitrogens with zero attached hydrogens (tertiary/aromatic N) is 1. The normalized spacial score (nSPS) is 10.6. The van der Waals surface area contributed by atoms with E-state index in [1.807, 2.05) is 30.3 Å². The SMILES string of the molecule is O=C(NCc1ccc(Cl)c(Cl)c1)c1cn(Cc2ccccc2)c(=O)cc1O. The summed E-state index contributed by atoms with van der Waals surface area (Å²) in [6.45, 7) is 0.500. The number of aromatic nitrogens is 1. The zero-order chi connectivity index (χ0) is 19.4. The molecule has 7 heteroatoms. The van der Waals surface area contributed by atoms with Gasteiger partial charge in [-0.3, -0.25) is 9.59 Å². The van der Waals surface area contributed by atoms with E-state index in [2.05, 4.69) is 5.32 Å². The third-order valence-corrected chi connectivity index (χ3v) is 4.72. The van der Waals surface area contributed by atoms with Crippen molar-refractivity contribution in [2.24, 2.45) is 0 Å². The summed E-state index contributed by atoms with van der Waals surface area (Å²) in [5, 5.41) is 13.5. The van der Waals surface area contributed by atoms with E-state index in [4.69, 9.17) is 23.2 Å². The highest BCUT2D eigenvalue weighted by molar-refractivity contribution is 6.42. The number of halogens is 2. The highest BCUT2D eigenvalue weighted by Crippen LogP contribution is 2.22. The molecule has 1 heterocycles. The van der Waals surface area contributed by atoms with Gasteiger partial charge in [0.1, 0.15) is 5.75 Å². The van der Waals surface area contributed by atoms with Gasteiger partial charge >= 0.3 is 0 Å². The van der Waals surface area contributed by atoms with Gasteiger partial charge in [-0.2, -0.15) is 0 Å². The second kappa shape index (κ2) is 8.29. The second-order valence-electron chi connectivity index (χ2n) is 5.96. The molecular formula is C20H16Cl2N2O3. The lowest BCUT2D eigenvalue weighted by Crippen LogP contribution is -2.27. The molecule has 1 amide bonds. The molecule has 3 rings (SSSR count). The molecule has 0 unspecified atom stereocenters. The smallest absolute Gasteiger partial charge is 0.256 e. The van der Waals surface area contributed by atoms with Crippen molar-refractivity contribution < 1.29 is 9.90 Å². The van der Waals surface area contributed by atoms with Gasteiger partial charge in [-0.15, -0.1) is 0 Å². The van der Waals surface area contributed by atoms with Crippen LogP contribution >= 0.6 is 23.2 Å². The van der Waals surface area contributed by atoms with Crippen molar-refractivity contribution in [3.05, 3.63) is 97.9 Å². The van der Waals surface area contributed by atoms with Crippen molar-refractivity contribution in [1.82, 2.24) is 9.88 Å². The van der Waals surface area contributed by atoms with Crippen molar-refractivity contribution in [2.45, 2.75) is 13.1 Å². The molecule has 27 heavy (non-hydrogen) atoms. The molecule has 2 aromatic carbocycles. The lowest BCUT2D eigenvalue weighted by atomic mass is 10.2. The minimum atomic E-state index is -0.500. The van der Waals surface area contributed by atoms with E-state index in [9.17, 15) is 14.7 Å². The predicted octanol–water partition coefficient (Wildman–Crippen LogP) is 3.84. The van der Waals surface area contributed by atoms with Gasteiger partial charge in [0.25, 0.3) is 11.5 Å². The van der Waals surface area contributed by atoms with Crippen molar-refractivity contribution in [3.63, 3.8) is 0 Å². The van der Waals surface area contributed by atoms with Crippen molar-refractivity contribution in [3.8, 4) is 5.75 Å². The van der Waals surface area contributed by atoms with Gasteiger partial charge < -0.3 is 15.0 Å². The fourth-order valence-electron chi connectivity index (χ4n) is 2.57. The van der Waals surface area contributed by atoms with E-state index in [0.717, 1.165) is 17.2 Å². The number of carbonyl (C=O) groups is 1. The number of rotatable bonds is 5. The van der Waals surface area contributed by atoms with E-state index in [1.165, 1.54) is 10.8 Å². The van der Waals surface area contributed by atoms with Gasteiger partial charge in [0.2, 0.25) is 0 Å². The zero-order valence-electron chi connectivity index (χ0n) is 14.2. The summed E-state index contributed by atoms with van der Waals surface area (Å²) in [6.07, 6.45) is 1.36. The predicted molar refractivity (Wildman–Crippen MR) is 106 cm³/mol. The number of amides is 1. The maximum atomic E-state index is 12.5. The fraction of sp³-hybridized carbons (Fsp3) is 0.100. The van der Waals surface area contributed by atoms with Crippen LogP contribution in [0, 0.1) is 0 Å². The summed E-state index contributed by atoms with van der Waals surface area (Å²) in [5.74, 6) is -0.865. The van der Waals surface area contributed by atoms with E-state index in [0.29, 0.717) is 16.6 Å². The fourth-order valence-corrected chi connectivity index (χ4v) is 2.89. The monoisotopic (exact) mass is 402 g/mol. The Balaban J connectivity index is 1.78. The lowest BCUT2D eigenvalue weighted by molar-refractivity contribution is 0.0947. The number of hydrogen-bond donors (Lipinski definition) is 2. The number of hydrogen-bond acceptors (Lipinski definition) is 3. The zero-order valence-corrected chi connectivity index (χ0v) is 15.7. The number of carbonyl (C=O) groups excluding carboxylic acids is 1. The quantitative estimate of drug-likeness (QED) is 0.680. The minimum absolute atomic E-state index is 0.0191. The first kappa shape index (κ1) is 19.0. The van der Waals surface area contributed by atoms with Gasteiger partial charge in [0, 0.05) is 18.8 Å². The Kier molecular flexibility index (Phi) is 5.84. The topological polar surface area (TPSA) is 71.3 Å². The van der Waals surface area contributed by atoms with Gasteiger partial charge in [-0.05, 0) is 23.3 Å². The highest BCUT2D eigenvalue weighted by atomic mass is 35.5. The molecule has 0 aliphatic heterocycles. The van der Waals surface area contributed by atoms with Crippen LogP contribution in [-0.2, 0) is 13.1 Å². The van der Waals surface area contributed by atoms with Gasteiger partial charge in [-0.25, -0.2) is 0 Å². The standard InChI is InChI=1S/C20H16Cl2N2O3/c21-16-7-6-14(8-17(16)22)10-23-20(27)15-12-24(19(26)9-18(15)25)11-13-4-2-1-3-5-13/h1-9,12,25H,10-11H2,(H,23,27). The summed E-state index contributed by atoms with van der Waals surface area (Å²) < 4.78 is 1.38. The van der Waals surface area contributed by atoms with Crippen LogP contribution < -0.4 is 10.9 Å². The van der Waals surface area contributed by atoms with E-state index >= 15 is 0 Å². The Bertz CT molecular complexity index is 1030. The summed E-state index contributed by atoms with van der Waals surface area (Å²) in [6, 6.07) is 15.4. The maximum Gasteiger partial charge on any atom is 0.256 e. The number of aromatic hydroxyl groups is 1. The van der Waals surface area contributed by atoms with Crippen LogP contribution in [0.4, 0.5) is 0 Å². The molecule has 0 atom stereocenters. The first-order valence-corrected chi connectivity index (χ1v) is 8.89. The molecule has 1 aromatic heterocycles. The van der Waals surface area contributed by atoms with Crippen LogP contribution in [0.15, 0.2) is 65.6 Å². The highest BCUT2D eigenvalue weighted by Gasteiger charge is 2.14. The third-order valence-electron chi connectivity index (χ3n) is 3.98. The maximum absolute atomic E-state index is 12.5. The average Bonchev–Trinajstić information content (AvgIpc) is 2.65. The summed E-state index contributed by atoms with van der Waals surface area (Å²) >= 11 is 11.8. The van der Waals surface area contributed by atoms with Crippen LogP contribution in [0.5, 0.6) is 5.75 Å². The second-order valence-corrected chi connectivity index (χ2v) is 6.77. The molecule has 0 aliphatic rings. The van der Waals surface area contributed by atoms with Gasteiger partial charge in [0.15, 0.2) is 0 Å². The number of pyridine rings is 1. The van der Waals surface area contributed by atoms with Crippen molar-refractivity contribution in [1.29, 1.82) is 0 Å². The van der Waals surface area contributed by atoms with Crippen LogP contribution in [0.1, 0.15) is 21.5 Å². The molecule has 138 valence electrons. The Labute approximate surface area is 165 Å². The first-order valence-electron chi connectivity index (χ1n) is 8.13. The van der Waals surface area contributed by atoms with Crippen LogP contribution in [-0.4, -0.2) is 15.6 Å². The summed E-state index contributed by atoms with van der Waals surface area (Å²) in [7, 11) is 0. The molecule has 0 fully saturated rings. The third kappa shape index (κ3) is 4.70. The van der Waals surface area contributed by atoms with Crippen LogP contribution in [0.2, 0.25) is 10.0 Å². The van der Waals surface area contributed by atoms with Crippen LogP contribution in [0.3, 0.4) is 0 Å². The molecule has 2 N–H and O–H groups in total. The van der Waals surface area contributed by atoms with Gasteiger partial charge in [-0.1, -0.05) is 59.6 Å². The van der Waals surface area contributed by atoms with E-state index < -0.39 is 11.5 Å². The molecule has 0 spiro atoms. The Morgan fingerprint density at radius 1 is 1.00 bits per heavy atom. The Morgan fingerprint density at radius 2 is 1.74 bits per heavy atom.